The highest BCUT2D eigenvalue weighted by molar-refractivity contribution is 5.78. The van der Waals surface area contributed by atoms with Crippen molar-refractivity contribution in [2.75, 3.05) is 5.73 Å². The van der Waals surface area contributed by atoms with Crippen molar-refractivity contribution in [3.63, 3.8) is 0 Å². The number of hydrogen-bond donors (Lipinski definition) is 1. The number of nitrogens with zero attached hydrogens (tertiary/aromatic N) is 4. The van der Waals surface area contributed by atoms with Crippen molar-refractivity contribution in [2.45, 2.75) is 44.4 Å². The van der Waals surface area contributed by atoms with Crippen LogP contribution in [0.4, 0.5) is 5.82 Å². The fourth-order valence-corrected chi connectivity index (χ4v) is 3.71. The minimum atomic E-state index is 0.423. The Morgan fingerprint density at radius 2 is 1.92 bits per heavy atom. The van der Waals surface area contributed by atoms with Gasteiger partial charge in [-0.25, -0.2) is 4.98 Å². The maximum atomic E-state index is 8.81. The van der Waals surface area contributed by atoms with Gasteiger partial charge < -0.3 is 5.73 Å². The normalized spacial score (nSPS) is 15.3. The molecule has 0 spiro atoms. The lowest BCUT2D eigenvalue weighted by Gasteiger charge is -2.21. The third-order valence-corrected chi connectivity index (χ3v) is 5.09. The van der Waals surface area contributed by atoms with Gasteiger partial charge in [0.05, 0.1) is 18.7 Å². The molecule has 0 aliphatic heterocycles. The molecule has 1 fully saturated rings. The molecule has 0 unspecified atom stereocenters. The zero-order chi connectivity index (χ0) is 17.2. The Hall–Kier alpha value is -2.87. The van der Waals surface area contributed by atoms with Gasteiger partial charge in [-0.1, -0.05) is 43.5 Å². The van der Waals surface area contributed by atoms with Gasteiger partial charge in [-0.15, -0.1) is 0 Å². The van der Waals surface area contributed by atoms with E-state index in [-0.39, 0.29) is 0 Å². The van der Waals surface area contributed by atoms with E-state index in [0.717, 1.165) is 28.0 Å². The number of hydrogen-bond acceptors (Lipinski definition) is 4. The number of anilines is 1. The maximum Gasteiger partial charge on any atom is 0.165 e. The first kappa shape index (κ1) is 15.6. The van der Waals surface area contributed by atoms with Crippen LogP contribution < -0.4 is 5.73 Å². The molecule has 126 valence electrons. The van der Waals surface area contributed by atoms with Crippen molar-refractivity contribution < 1.29 is 0 Å². The minimum absolute atomic E-state index is 0.423. The maximum absolute atomic E-state index is 8.81. The van der Waals surface area contributed by atoms with Gasteiger partial charge in [-0.3, -0.25) is 0 Å². The lowest BCUT2D eigenvalue weighted by Crippen LogP contribution is -2.10. The van der Waals surface area contributed by atoms with Crippen LogP contribution in [0.3, 0.4) is 0 Å². The Kier molecular flexibility index (Phi) is 4.10. The molecule has 1 aliphatic rings. The smallest absolute Gasteiger partial charge is 0.165 e. The van der Waals surface area contributed by atoms with Crippen molar-refractivity contribution in [3.05, 3.63) is 47.8 Å². The molecule has 0 saturated heterocycles. The van der Waals surface area contributed by atoms with E-state index in [2.05, 4.69) is 11.2 Å². The first-order valence-electron chi connectivity index (χ1n) is 8.86. The molecule has 3 aromatic rings. The summed E-state index contributed by atoms with van der Waals surface area (Å²) < 4.78 is 1.71. The van der Waals surface area contributed by atoms with E-state index < -0.39 is 0 Å². The molecule has 1 aromatic carbocycles. The van der Waals surface area contributed by atoms with E-state index >= 15 is 0 Å². The zero-order valence-corrected chi connectivity index (χ0v) is 14.2. The molecule has 4 rings (SSSR count). The van der Waals surface area contributed by atoms with Crippen molar-refractivity contribution in [3.8, 4) is 17.2 Å². The van der Waals surface area contributed by atoms with E-state index in [4.69, 9.17) is 16.0 Å². The number of nitrogen functional groups attached to an aromatic ring is 1. The first-order chi connectivity index (χ1) is 12.3. The van der Waals surface area contributed by atoms with Gasteiger partial charge in [-0.05, 0) is 24.0 Å². The number of rotatable bonds is 3. The van der Waals surface area contributed by atoms with E-state index in [1.807, 2.05) is 36.5 Å². The van der Waals surface area contributed by atoms with Gasteiger partial charge in [0.1, 0.15) is 5.82 Å². The average molecular weight is 331 g/mol. The predicted molar refractivity (Wildman–Crippen MR) is 98.0 cm³/mol. The third kappa shape index (κ3) is 2.96. The predicted octanol–water partition coefficient (Wildman–Crippen LogP) is 4.09. The summed E-state index contributed by atoms with van der Waals surface area (Å²) in [5.74, 6) is 1.14. The third-order valence-electron chi connectivity index (χ3n) is 5.09. The molecular weight excluding hydrogens is 310 g/mol. The highest BCUT2D eigenvalue weighted by atomic mass is 15.3. The topological polar surface area (TPSA) is 80.0 Å². The second-order valence-electron chi connectivity index (χ2n) is 6.77. The molecule has 2 heterocycles. The average Bonchev–Trinajstić information content (AvgIpc) is 3.08. The summed E-state index contributed by atoms with van der Waals surface area (Å²) in [6, 6.07) is 12.2. The van der Waals surface area contributed by atoms with Crippen LogP contribution in [-0.2, 0) is 6.42 Å². The van der Waals surface area contributed by atoms with Gasteiger partial charge in [0.25, 0.3) is 0 Å². The Morgan fingerprint density at radius 1 is 1.16 bits per heavy atom. The van der Waals surface area contributed by atoms with E-state index in [1.54, 1.807) is 4.52 Å². The van der Waals surface area contributed by atoms with Crippen LogP contribution in [0.5, 0.6) is 0 Å². The second kappa shape index (κ2) is 6.56. The fourth-order valence-electron chi connectivity index (χ4n) is 3.71. The van der Waals surface area contributed by atoms with Gasteiger partial charge in [0.15, 0.2) is 5.65 Å². The molecule has 0 amide bonds. The van der Waals surface area contributed by atoms with Crippen LogP contribution in [0.2, 0.25) is 0 Å². The molecule has 1 saturated carbocycles. The molecule has 0 bridgehead atoms. The van der Waals surface area contributed by atoms with Crippen LogP contribution in [0.25, 0.3) is 16.8 Å². The van der Waals surface area contributed by atoms with Crippen LogP contribution in [0.1, 0.15) is 49.3 Å². The molecule has 2 aromatic heterocycles. The SMILES string of the molecule is N#CCc1ccc(-c2cnn3c(N)cc(C4CCCCC4)nc23)cc1. The summed E-state index contributed by atoms with van der Waals surface area (Å²) in [6.07, 6.45) is 8.48. The molecule has 1 aliphatic carbocycles. The lowest BCUT2D eigenvalue weighted by atomic mass is 9.87. The van der Waals surface area contributed by atoms with Gasteiger partial charge in [0, 0.05) is 23.2 Å². The van der Waals surface area contributed by atoms with Crippen LogP contribution in [0, 0.1) is 11.3 Å². The largest absolute Gasteiger partial charge is 0.384 e. The monoisotopic (exact) mass is 331 g/mol. The van der Waals surface area contributed by atoms with Gasteiger partial charge >= 0.3 is 0 Å². The van der Waals surface area contributed by atoms with Crippen molar-refractivity contribution in [1.82, 2.24) is 14.6 Å². The Balaban J connectivity index is 1.76. The number of aromatic nitrogens is 3. The molecule has 0 radical (unpaired) electrons. The number of nitriles is 1. The lowest BCUT2D eigenvalue weighted by molar-refractivity contribution is 0.437. The van der Waals surface area contributed by atoms with Crippen LogP contribution in [0.15, 0.2) is 36.5 Å². The van der Waals surface area contributed by atoms with Crippen LogP contribution in [-0.4, -0.2) is 14.6 Å². The first-order valence-corrected chi connectivity index (χ1v) is 8.86. The van der Waals surface area contributed by atoms with Crippen molar-refractivity contribution in [1.29, 1.82) is 5.26 Å². The standard InChI is InChI=1S/C20H21N5/c21-11-10-14-6-8-15(9-7-14)17-13-23-25-19(22)12-18(24-20(17)25)16-4-2-1-3-5-16/h6-9,12-13,16H,1-5,10,22H2. The summed E-state index contributed by atoms with van der Waals surface area (Å²) >= 11 is 0. The van der Waals surface area contributed by atoms with Crippen LogP contribution >= 0.6 is 0 Å². The molecule has 5 heteroatoms. The Labute approximate surface area is 147 Å². The fraction of sp³-hybridized carbons (Fsp3) is 0.350. The summed E-state index contributed by atoms with van der Waals surface area (Å²) in [5.41, 5.74) is 11.2. The highest BCUT2D eigenvalue weighted by Gasteiger charge is 2.20. The summed E-state index contributed by atoms with van der Waals surface area (Å²) in [4.78, 5) is 4.92. The number of nitrogens with two attached hydrogens (primary N) is 1. The van der Waals surface area contributed by atoms with Crippen molar-refractivity contribution >= 4 is 11.5 Å². The molecule has 2 N–H and O–H groups in total. The van der Waals surface area contributed by atoms with Crippen molar-refractivity contribution in [2.24, 2.45) is 0 Å². The molecule has 25 heavy (non-hydrogen) atoms. The highest BCUT2D eigenvalue weighted by Crippen LogP contribution is 2.34. The number of fused-ring (bicyclic) bond motifs is 1. The van der Waals surface area contributed by atoms with E-state index in [0.29, 0.717) is 18.2 Å². The van der Waals surface area contributed by atoms with E-state index in [9.17, 15) is 0 Å². The zero-order valence-electron chi connectivity index (χ0n) is 14.2. The van der Waals surface area contributed by atoms with Gasteiger partial charge in [-0.2, -0.15) is 14.9 Å². The quantitative estimate of drug-likeness (QED) is 0.784. The number of benzene rings is 1. The molecular formula is C20H21N5. The Bertz CT molecular complexity index is 927. The minimum Gasteiger partial charge on any atom is -0.384 e. The molecule has 5 nitrogen and oxygen atoms in total. The summed E-state index contributed by atoms with van der Waals surface area (Å²) in [5, 5.41) is 13.2. The van der Waals surface area contributed by atoms with Gasteiger partial charge in [0.2, 0.25) is 0 Å². The summed E-state index contributed by atoms with van der Waals surface area (Å²) in [6.45, 7) is 0. The molecule has 0 atom stereocenters. The summed E-state index contributed by atoms with van der Waals surface area (Å²) in [7, 11) is 0. The van der Waals surface area contributed by atoms with E-state index in [1.165, 1.54) is 32.1 Å². The Morgan fingerprint density at radius 3 is 2.64 bits per heavy atom. The second-order valence-corrected chi connectivity index (χ2v) is 6.77.